The highest BCUT2D eigenvalue weighted by atomic mass is 79.9. The molecule has 2 saturated heterocycles. The minimum Gasteiger partial charge on any atom is -0.494 e. The number of anilines is 2. The topological polar surface area (TPSA) is 370 Å². The Labute approximate surface area is 690 Å². The summed E-state index contributed by atoms with van der Waals surface area (Å²) in [6.45, 7) is 17.8. The molecule has 2 unspecified atom stereocenters. The molecule has 0 saturated carbocycles. The van der Waals surface area contributed by atoms with Gasteiger partial charge in [-0.1, -0.05) is 28.1 Å². The Hall–Kier alpha value is -11.0. The maximum atomic E-state index is 13.1. The Bertz CT molecular complexity index is 4940. The first kappa shape index (κ1) is 90.3. The van der Waals surface area contributed by atoms with Crippen LogP contribution in [0.1, 0.15) is 169 Å². The monoisotopic (exact) mass is 1730 g/mol. The van der Waals surface area contributed by atoms with Gasteiger partial charge in [0.2, 0.25) is 11.8 Å². The number of carbonyl (C=O) groups is 8. The first-order valence-electron chi connectivity index (χ1n) is 38.6. The molecule has 6 amide bonds. The summed E-state index contributed by atoms with van der Waals surface area (Å²) in [6, 6.07) is 22.0. The number of benzene rings is 4. The molecule has 4 aromatic carbocycles. The Balaban J connectivity index is 0.000000208. The fourth-order valence-electron chi connectivity index (χ4n) is 13.7. The van der Waals surface area contributed by atoms with E-state index in [4.69, 9.17) is 54.5 Å². The third-order valence-corrected chi connectivity index (χ3v) is 19.7. The minimum atomic E-state index is -4.68. The average Bonchev–Trinajstić information content (AvgIpc) is 1.68. The number of hydrogen-bond donors (Lipinski definition) is 5. The van der Waals surface area contributed by atoms with Crippen LogP contribution in [0.4, 0.5) is 37.7 Å². The summed E-state index contributed by atoms with van der Waals surface area (Å²) < 4.78 is 126. The lowest BCUT2D eigenvalue weighted by atomic mass is 10.1. The quantitative estimate of drug-likeness (QED) is 0.0117. The second kappa shape index (κ2) is 40.2. The van der Waals surface area contributed by atoms with Gasteiger partial charge in [-0.25, -0.2) is 9.97 Å². The summed E-state index contributed by atoms with van der Waals surface area (Å²) in [6.07, 6.45) is -1.77. The van der Waals surface area contributed by atoms with Gasteiger partial charge in [-0.3, -0.25) is 47.7 Å². The molecule has 2 fully saturated rings. The zero-order chi connectivity index (χ0) is 86.1. The predicted molar refractivity (Wildman–Crippen MR) is 428 cm³/mol. The lowest BCUT2D eigenvalue weighted by Gasteiger charge is -2.31. The number of primary amides is 2. The molecule has 0 aliphatic carbocycles. The van der Waals surface area contributed by atoms with Gasteiger partial charge in [-0.05, 0) is 177 Å². The number of rotatable bonds is 31. The van der Waals surface area contributed by atoms with Gasteiger partial charge in [-0.15, -0.1) is 0 Å². The molecule has 30 nitrogen and oxygen atoms in total. The molecular weight excluding hydrogens is 1630 g/mol. The molecule has 7 N–H and O–H groups in total. The molecule has 4 aliphatic rings. The standard InChI is InChI=1S/C41H48F3N7O8.C21H29BrN2O6.C20H20F3N5O2/c1-40(2,3)59-36(52)11-10-33(37(45)53)50-23-25-20-28(8-9-29(25)39(50)55)58-19-18-57-17-16-49-14-12-27(13-15-49)51-24-26-21-32(34(56-4)22-31(26)48-51)47-38(54)30-6-5-7-35(46-30)41(42,43)44;1-21(2,3)30-18(25)7-6-17(19(23)26)24-13-14-12-15(4-5-16(14)20(24)27)29-11-10-28-9-8-22;1-30-17-10-15-12(11-28(27-15)13-5-7-24-8-6-13)9-16(17)26-19(29)14-3-2-4-18(25-14)20(21,22)23/h5-9,20-22,24,27,33H,10-19,23H2,1-4H3,(H2,45,53)(H,47,54);4-5,12,17H,6-11,13H2,1-3H3,(H2,23,26);2-4,9-11,13,24H,5-8H2,1H3,(H,26,29). The van der Waals surface area contributed by atoms with Crippen LogP contribution in [-0.2, 0) is 63.6 Å². The fraction of sp³-hybridized carbons (Fsp3) is 0.463. The Morgan fingerprint density at radius 1 is 0.555 bits per heavy atom. The molecule has 12 rings (SSSR count). The van der Waals surface area contributed by atoms with Gasteiger partial charge in [-0.2, -0.15) is 36.5 Å². The Kier molecular flexibility index (Phi) is 30.5. The van der Waals surface area contributed by atoms with Crippen molar-refractivity contribution in [3.05, 3.63) is 154 Å². The third-order valence-electron chi connectivity index (χ3n) is 19.4. The van der Waals surface area contributed by atoms with Gasteiger partial charge in [0.1, 0.15) is 82.3 Å². The molecule has 640 valence electrons. The third kappa shape index (κ3) is 25.0. The highest BCUT2D eigenvalue weighted by Crippen LogP contribution is 2.38. The predicted octanol–water partition coefficient (Wildman–Crippen LogP) is 11.4. The SMILES string of the molecule is CC(C)(C)OC(=O)CCC(C(N)=O)N1Cc2cc(OCCOCCBr)ccc2C1=O.COc1cc2nn(C3CCN(CCOCCOc4ccc5c(c4)CN(C(CCC(=O)OC(C)(C)C)C(N)=O)C5=O)CC3)cc2cc1NC(=O)c1cccc(C(F)(F)F)n1.COc1cc2nn(C3CCNCC3)cc2cc1NC(=O)c1cccc(C(F)(F)F)n1. The number of nitrogens with two attached hydrogens (primary N) is 2. The normalized spacial score (nSPS) is 15.2. The number of nitrogens with zero attached hydrogens (tertiary/aromatic N) is 9. The number of amides is 6. The minimum absolute atomic E-state index is 0.00619. The van der Waals surface area contributed by atoms with E-state index in [1.807, 2.05) is 21.8 Å². The number of aromatic nitrogens is 6. The van der Waals surface area contributed by atoms with Crippen molar-refractivity contribution in [3.8, 4) is 23.0 Å². The van der Waals surface area contributed by atoms with Crippen LogP contribution in [0.5, 0.6) is 23.0 Å². The smallest absolute Gasteiger partial charge is 0.433 e. The summed E-state index contributed by atoms with van der Waals surface area (Å²) in [7, 11) is 2.88. The highest BCUT2D eigenvalue weighted by Gasteiger charge is 2.40. The molecule has 119 heavy (non-hydrogen) atoms. The molecule has 37 heteroatoms. The van der Waals surface area contributed by atoms with E-state index in [2.05, 4.69) is 51.8 Å². The van der Waals surface area contributed by atoms with E-state index < -0.39 is 82.6 Å². The van der Waals surface area contributed by atoms with Gasteiger partial charge < -0.3 is 80.0 Å². The Morgan fingerprint density at radius 3 is 1.37 bits per heavy atom. The number of likely N-dealkylation sites (tertiary alicyclic amines) is 1. The van der Waals surface area contributed by atoms with Gasteiger partial charge in [0, 0.05) is 97.3 Å². The molecule has 0 radical (unpaired) electrons. The van der Waals surface area contributed by atoms with Crippen LogP contribution in [0.2, 0.25) is 0 Å². The van der Waals surface area contributed by atoms with Gasteiger partial charge in [0.25, 0.3) is 23.6 Å². The first-order chi connectivity index (χ1) is 56.4. The summed E-state index contributed by atoms with van der Waals surface area (Å²) in [5.41, 5.74) is 11.3. The van der Waals surface area contributed by atoms with Gasteiger partial charge >= 0.3 is 24.3 Å². The Morgan fingerprint density at radius 2 is 0.975 bits per heavy atom. The number of carbonyl (C=O) groups excluding carboxylic acids is 8. The number of halogens is 7. The van der Waals surface area contributed by atoms with Crippen molar-refractivity contribution in [1.29, 1.82) is 0 Å². The molecule has 8 aromatic rings. The van der Waals surface area contributed by atoms with E-state index in [0.717, 1.165) is 104 Å². The van der Waals surface area contributed by atoms with E-state index >= 15 is 0 Å². The summed E-state index contributed by atoms with van der Waals surface area (Å²) in [4.78, 5) is 112. The van der Waals surface area contributed by atoms with Crippen LogP contribution < -0.4 is 46.4 Å². The average molecular weight is 1730 g/mol. The van der Waals surface area contributed by atoms with Crippen molar-refractivity contribution >= 4 is 96.5 Å². The molecule has 0 bridgehead atoms. The number of alkyl halides is 7. The molecular formula is C82H97BrF6N14O16. The van der Waals surface area contributed by atoms with Crippen molar-refractivity contribution < 1.29 is 103 Å². The van der Waals surface area contributed by atoms with Crippen LogP contribution in [-0.4, -0.2) is 207 Å². The number of ether oxygens (including phenoxy) is 8. The van der Waals surface area contributed by atoms with Gasteiger partial charge in [0.05, 0.1) is 75.1 Å². The second-order valence-electron chi connectivity index (χ2n) is 30.4. The zero-order valence-electron chi connectivity index (χ0n) is 67.1. The van der Waals surface area contributed by atoms with Crippen molar-refractivity contribution in [3.63, 3.8) is 0 Å². The molecule has 8 heterocycles. The van der Waals surface area contributed by atoms with Crippen LogP contribution in [0, 0.1) is 0 Å². The van der Waals surface area contributed by atoms with E-state index in [1.54, 1.807) is 102 Å². The van der Waals surface area contributed by atoms with Crippen LogP contribution >= 0.6 is 15.9 Å². The number of piperidine rings is 2. The van der Waals surface area contributed by atoms with Crippen LogP contribution in [0.15, 0.2) is 109 Å². The van der Waals surface area contributed by atoms with Crippen LogP contribution in [0.3, 0.4) is 0 Å². The lowest BCUT2D eigenvalue weighted by Crippen LogP contribution is -2.45. The van der Waals surface area contributed by atoms with E-state index in [-0.39, 0.29) is 79.7 Å². The molecule has 4 aromatic heterocycles. The molecule has 4 aliphatic heterocycles. The summed E-state index contributed by atoms with van der Waals surface area (Å²) in [5, 5.41) is 20.2. The number of esters is 2. The number of fused-ring (bicyclic) bond motifs is 4. The summed E-state index contributed by atoms with van der Waals surface area (Å²) in [5.74, 6) is -2.58. The van der Waals surface area contributed by atoms with Crippen molar-refractivity contribution in [1.82, 2.24) is 49.5 Å². The maximum absolute atomic E-state index is 13.1. The van der Waals surface area contributed by atoms with E-state index in [9.17, 15) is 64.7 Å². The van der Waals surface area contributed by atoms with Gasteiger partial charge in [0.15, 0.2) is 0 Å². The second-order valence-corrected chi connectivity index (χ2v) is 31.2. The number of hydrogen-bond acceptors (Lipinski definition) is 22. The van der Waals surface area contributed by atoms with E-state index in [0.29, 0.717) is 96.1 Å². The summed E-state index contributed by atoms with van der Waals surface area (Å²) >= 11 is 3.28. The number of nitrogens with one attached hydrogen (secondary N) is 3. The molecule has 2 atom stereocenters. The fourth-order valence-corrected chi connectivity index (χ4v) is 14.0. The van der Waals surface area contributed by atoms with E-state index in [1.165, 1.54) is 36.2 Å². The largest absolute Gasteiger partial charge is 0.494 e. The first-order valence-corrected chi connectivity index (χ1v) is 39.7. The lowest BCUT2D eigenvalue weighted by molar-refractivity contribution is -0.156. The zero-order valence-corrected chi connectivity index (χ0v) is 68.7. The number of pyridine rings is 2. The van der Waals surface area contributed by atoms with Crippen molar-refractivity contribution in [2.45, 2.75) is 154 Å². The van der Waals surface area contributed by atoms with Crippen LogP contribution in [0.25, 0.3) is 21.8 Å². The molecule has 0 spiro atoms. The van der Waals surface area contributed by atoms with Crippen molar-refractivity contribution in [2.24, 2.45) is 11.5 Å². The number of methoxy groups -OCH3 is 2. The maximum Gasteiger partial charge on any atom is 0.433 e. The van der Waals surface area contributed by atoms with Crippen molar-refractivity contribution in [2.75, 3.05) is 103 Å². The highest BCUT2D eigenvalue weighted by molar-refractivity contribution is 9.09.